The second kappa shape index (κ2) is 8.58. The maximum Gasteiger partial charge on any atom is 0.323 e. The van der Waals surface area contributed by atoms with Crippen molar-refractivity contribution in [2.24, 2.45) is 0 Å². The third kappa shape index (κ3) is 5.01. The first kappa shape index (κ1) is 17.4. The van der Waals surface area contributed by atoms with Crippen LogP contribution in [0.3, 0.4) is 0 Å². The maximum atomic E-state index is 12.1. The second-order valence-corrected chi connectivity index (χ2v) is 5.75. The zero-order valence-electron chi connectivity index (χ0n) is 14.5. The normalized spacial score (nSPS) is 10.0. The number of hydrogen-bond acceptors (Lipinski definition) is 3. The molecule has 0 atom stereocenters. The summed E-state index contributed by atoms with van der Waals surface area (Å²) in [5.74, 6) is 0.800. The second-order valence-electron chi connectivity index (χ2n) is 5.75. The summed E-state index contributed by atoms with van der Waals surface area (Å²) >= 11 is 0. The number of urea groups is 1. The highest BCUT2D eigenvalue weighted by Gasteiger charge is 2.05. The number of hydrogen-bond donors (Lipinski definition) is 3. The summed E-state index contributed by atoms with van der Waals surface area (Å²) in [6.07, 6.45) is 0. The molecule has 0 unspecified atom stereocenters. The number of carbonyl (C=O) groups excluding carboxylic acids is 1. The molecule has 3 aromatic carbocycles. The van der Waals surface area contributed by atoms with Gasteiger partial charge in [0.05, 0.1) is 0 Å². The van der Waals surface area contributed by atoms with Gasteiger partial charge >= 0.3 is 6.03 Å². The van der Waals surface area contributed by atoms with Crippen LogP contribution in [0.5, 0.6) is 5.75 Å². The van der Waals surface area contributed by atoms with E-state index < -0.39 is 0 Å². The summed E-state index contributed by atoms with van der Waals surface area (Å²) in [6.45, 7) is 2.34. The molecule has 5 nitrogen and oxygen atoms in total. The number of benzene rings is 3. The Morgan fingerprint density at radius 3 is 2.23 bits per heavy atom. The third-order valence-electron chi connectivity index (χ3n) is 3.77. The van der Waals surface area contributed by atoms with Crippen molar-refractivity contribution < 1.29 is 9.53 Å². The lowest BCUT2D eigenvalue weighted by molar-refractivity contribution is 0.262. The van der Waals surface area contributed by atoms with Crippen LogP contribution in [-0.4, -0.2) is 12.8 Å². The van der Waals surface area contributed by atoms with Crippen molar-refractivity contribution in [2.75, 3.05) is 22.7 Å². The summed E-state index contributed by atoms with van der Waals surface area (Å²) < 4.78 is 5.65. The van der Waals surface area contributed by atoms with E-state index in [0.29, 0.717) is 12.4 Å². The van der Waals surface area contributed by atoms with Crippen molar-refractivity contribution in [3.63, 3.8) is 0 Å². The van der Waals surface area contributed by atoms with Crippen molar-refractivity contribution in [1.82, 2.24) is 0 Å². The van der Waals surface area contributed by atoms with Gasteiger partial charge in [-0.25, -0.2) is 4.79 Å². The Labute approximate surface area is 153 Å². The molecule has 5 heteroatoms. The van der Waals surface area contributed by atoms with Crippen molar-refractivity contribution in [3.05, 3.63) is 84.4 Å². The number of nitrogens with one attached hydrogen (secondary N) is 3. The predicted molar refractivity (Wildman–Crippen MR) is 106 cm³/mol. The van der Waals surface area contributed by atoms with Gasteiger partial charge in [0, 0.05) is 17.1 Å². The first-order valence-electron chi connectivity index (χ1n) is 8.36. The standard InChI is InChI=1S/C21H21N3O2/c1-16-12-13-18(24-21(25)23-17-8-4-2-5-9-17)14-20(16)22-15-26-19-10-6-3-7-11-19/h2-14,22H,15H2,1H3,(H2,23,24,25). The summed E-state index contributed by atoms with van der Waals surface area (Å²) in [5.41, 5.74) is 3.41. The average molecular weight is 347 g/mol. The molecular formula is C21H21N3O2. The minimum absolute atomic E-state index is 0.286. The van der Waals surface area contributed by atoms with E-state index in [9.17, 15) is 4.79 Å². The molecule has 0 aliphatic heterocycles. The highest BCUT2D eigenvalue weighted by Crippen LogP contribution is 2.21. The van der Waals surface area contributed by atoms with Gasteiger partial charge in [0.25, 0.3) is 0 Å². The number of aryl methyl sites for hydroxylation is 1. The van der Waals surface area contributed by atoms with E-state index in [-0.39, 0.29) is 6.03 Å². The van der Waals surface area contributed by atoms with Gasteiger partial charge in [0.1, 0.15) is 5.75 Å². The summed E-state index contributed by atoms with van der Waals surface area (Å²) in [4.78, 5) is 12.1. The Morgan fingerprint density at radius 1 is 0.846 bits per heavy atom. The largest absolute Gasteiger partial charge is 0.473 e. The van der Waals surface area contributed by atoms with Gasteiger partial charge in [0.15, 0.2) is 6.73 Å². The Kier molecular flexibility index (Phi) is 5.72. The first-order valence-corrected chi connectivity index (χ1v) is 8.36. The van der Waals surface area contributed by atoms with E-state index in [2.05, 4.69) is 16.0 Å². The van der Waals surface area contributed by atoms with Gasteiger partial charge in [-0.15, -0.1) is 0 Å². The lowest BCUT2D eigenvalue weighted by atomic mass is 10.2. The summed E-state index contributed by atoms with van der Waals surface area (Å²) in [7, 11) is 0. The summed E-state index contributed by atoms with van der Waals surface area (Å²) in [5, 5.41) is 8.86. The van der Waals surface area contributed by atoms with Gasteiger partial charge in [-0.3, -0.25) is 0 Å². The summed E-state index contributed by atoms with van der Waals surface area (Å²) in [6, 6.07) is 24.3. The van der Waals surface area contributed by atoms with Gasteiger partial charge in [-0.05, 0) is 48.9 Å². The van der Waals surface area contributed by atoms with E-state index in [1.54, 1.807) is 0 Å². The number of ether oxygens (including phenoxy) is 1. The molecule has 0 aromatic heterocycles. The van der Waals surface area contributed by atoms with Crippen LogP contribution in [0.1, 0.15) is 5.56 Å². The van der Waals surface area contributed by atoms with Crippen molar-refractivity contribution in [1.29, 1.82) is 0 Å². The fraction of sp³-hybridized carbons (Fsp3) is 0.0952. The monoisotopic (exact) mass is 347 g/mol. The molecular weight excluding hydrogens is 326 g/mol. The van der Waals surface area contributed by atoms with Crippen LogP contribution >= 0.6 is 0 Å². The third-order valence-corrected chi connectivity index (χ3v) is 3.77. The highest BCUT2D eigenvalue weighted by molar-refractivity contribution is 6.00. The molecule has 0 spiro atoms. The molecule has 0 saturated carbocycles. The number of rotatable bonds is 6. The molecule has 3 rings (SSSR count). The molecule has 0 aliphatic rings. The molecule has 3 aromatic rings. The first-order chi connectivity index (χ1) is 12.7. The van der Waals surface area contributed by atoms with Gasteiger partial charge in [0.2, 0.25) is 0 Å². The highest BCUT2D eigenvalue weighted by atomic mass is 16.5. The van der Waals surface area contributed by atoms with Gasteiger partial charge in [-0.1, -0.05) is 42.5 Å². The average Bonchev–Trinajstić information content (AvgIpc) is 2.66. The van der Waals surface area contributed by atoms with Crippen LogP contribution in [-0.2, 0) is 0 Å². The zero-order chi connectivity index (χ0) is 18.2. The quantitative estimate of drug-likeness (QED) is 0.544. The lowest BCUT2D eigenvalue weighted by Gasteiger charge is -2.13. The van der Waals surface area contributed by atoms with E-state index in [4.69, 9.17) is 4.74 Å². The smallest absolute Gasteiger partial charge is 0.323 e. The van der Waals surface area contributed by atoms with E-state index >= 15 is 0 Å². The van der Waals surface area contributed by atoms with Crippen LogP contribution in [0.2, 0.25) is 0 Å². The molecule has 0 bridgehead atoms. The molecule has 132 valence electrons. The predicted octanol–water partition coefficient (Wildman–Crippen LogP) is 5.09. The SMILES string of the molecule is Cc1ccc(NC(=O)Nc2ccccc2)cc1NCOc1ccccc1. The van der Waals surface area contributed by atoms with E-state index in [1.165, 1.54) is 0 Å². The van der Waals surface area contributed by atoms with Crippen molar-refractivity contribution in [2.45, 2.75) is 6.92 Å². The molecule has 0 heterocycles. The Balaban J connectivity index is 1.57. The number of para-hydroxylation sites is 2. The van der Waals surface area contributed by atoms with Crippen LogP contribution < -0.4 is 20.7 Å². The van der Waals surface area contributed by atoms with Crippen LogP contribution in [0, 0.1) is 6.92 Å². The number of amides is 2. The molecule has 2 amide bonds. The van der Waals surface area contributed by atoms with Crippen LogP contribution in [0.25, 0.3) is 0 Å². The molecule has 3 N–H and O–H groups in total. The van der Waals surface area contributed by atoms with E-state index in [0.717, 1.165) is 22.7 Å². The minimum atomic E-state index is -0.286. The maximum absolute atomic E-state index is 12.1. The van der Waals surface area contributed by atoms with Gasteiger partial charge < -0.3 is 20.7 Å². The van der Waals surface area contributed by atoms with Crippen LogP contribution in [0.15, 0.2) is 78.9 Å². The number of anilines is 3. The molecule has 0 radical (unpaired) electrons. The molecule has 0 aliphatic carbocycles. The van der Waals surface area contributed by atoms with Crippen molar-refractivity contribution >= 4 is 23.1 Å². The van der Waals surface area contributed by atoms with Gasteiger partial charge in [-0.2, -0.15) is 0 Å². The fourth-order valence-corrected chi connectivity index (χ4v) is 2.42. The molecule has 26 heavy (non-hydrogen) atoms. The Hall–Kier alpha value is -3.47. The number of carbonyl (C=O) groups is 1. The van der Waals surface area contributed by atoms with E-state index in [1.807, 2.05) is 85.8 Å². The van der Waals surface area contributed by atoms with Crippen molar-refractivity contribution in [3.8, 4) is 5.75 Å². The lowest BCUT2D eigenvalue weighted by Crippen LogP contribution is -2.19. The fourth-order valence-electron chi connectivity index (χ4n) is 2.42. The molecule has 0 fully saturated rings. The minimum Gasteiger partial charge on any atom is -0.473 e. The topological polar surface area (TPSA) is 62.4 Å². The zero-order valence-corrected chi connectivity index (χ0v) is 14.5. The Bertz CT molecular complexity index is 852. The van der Waals surface area contributed by atoms with Crippen LogP contribution in [0.4, 0.5) is 21.9 Å². The molecule has 0 saturated heterocycles. The Morgan fingerprint density at radius 2 is 1.50 bits per heavy atom.